The zero-order chi connectivity index (χ0) is 21.3. The summed E-state index contributed by atoms with van der Waals surface area (Å²) >= 11 is 0. The van der Waals surface area contributed by atoms with Crippen LogP contribution in [0.2, 0.25) is 0 Å². The van der Waals surface area contributed by atoms with Crippen LogP contribution in [0.3, 0.4) is 0 Å². The van der Waals surface area contributed by atoms with Gasteiger partial charge in [-0.25, -0.2) is 4.79 Å². The van der Waals surface area contributed by atoms with E-state index in [1.807, 2.05) is 30.3 Å². The summed E-state index contributed by atoms with van der Waals surface area (Å²) in [5.74, 6) is -0.224. The summed E-state index contributed by atoms with van der Waals surface area (Å²) in [4.78, 5) is 29.9. The molecule has 2 rings (SSSR count). The second-order valence-corrected chi connectivity index (χ2v) is 8.41. The van der Waals surface area contributed by atoms with Gasteiger partial charge in [-0.3, -0.25) is 4.79 Å². The summed E-state index contributed by atoms with van der Waals surface area (Å²) in [5.41, 5.74) is 0.107. The molecule has 1 aliphatic heterocycles. The van der Waals surface area contributed by atoms with Gasteiger partial charge >= 0.3 is 6.09 Å². The number of nitrogens with zero attached hydrogens (tertiary/aromatic N) is 2. The Kier molecular flexibility index (Phi) is 8.92. The summed E-state index contributed by atoms with van der Waals surface area (Å²) in [6.07, 6.45) is 0.279. The maximum atomic E-state index is 12.8. The Morgan fingerprint density at radius 3 is 2.28 bits per heavy atom. The van der Waals surface area contributed by atoms with Gasteiger partial charge in [-0.15, -0.1) is 0 Å². The van der Waals surface area contributed by atoms with E-state index in [0.717, 1.165) is 51.3 Å². The SMILES string of the molecule is CCN1CCN(CCCNC(=O)[C@@H](NC(=O)OC(C)(C)C)c2ccccc2)CC1. The minimum Gasteiger partial charge on any atom is -0.444 e. The average Bonchev–Trinajstić information content (AvgIpc) is 2.69. The number of amides is 2. The molecule has 1 aliphatic rings. The van der Waals surface area contributed by atoms with Crippen LogP contribution in [0.15, 0.2) is 30.3 Å². The number of alkyl carbamates (subject to hydrolysis) is 1. The molecule has 2 amide bonds. The van der Waals surface area contributed by atoms with Crippen LogP contribution in [0, 0.1) is 0 Å². The molecule has 0 radical (unpaired) electrons. The van der Waals surface area contributed by atoms with Crippen molar-refractivity contribution >= 4 is 12.0 Å². The number of piperazine rings is 1. The van der Waals surface area contributed by atoms with Gasteiger partial charge in [0.2, 0.25) is 5.91 Å². The Morgan fingerprint density at radius 2 is 1.69 bits per heavy atom. The lowest BCUT2D eigenvalue weighted by Gasteiger charge is -2.34. The van der Waals surface area contributed by atoms with Gasteiger partial charge in [-0.1, -0.05) is 37.3 Å². The van der Waals surface area contributed by atoms with Gasteiger partial charge in [-0.2, -0.15) is 0 Å². The summed E-state index contributed by atoms with van der Waals surface area (Å²) in [6.45, 7) is 14.6. The molecule has 0 aliphatic carbocycles. The van der Waals surface area contributed by atoms with Crippen LogP contribution in [0.4, 0.5) is 4.79 Å². The lowest BCUT2D eigenvalue weighted by molar-refractivity contribution is -0.123. The van der Waals surface area contributed by atoms with E-state index in [1.165, 1.54) is 0 Å². The normalized spacial score (nSPS) is 16.8. The van der Waals surface area contributed by atoms with E-state index in [4.69, 9.17) is 4.74 Å². The number of carbonyl (C=O) groups excluding carboxylic acids is 2. The van der Waals surface area contributed by atoms with Crippen LogP contribution in [0.5, 0.6) is 0 Å². The van der Waals surface area contributed by atoms with Crippen molar-refractivity contribution in [3.63, 3.8) is 0 Å². The number of rotatable bonds is 8. The largest absolute Gasteiger partial charge is 0.444 e. The molecule has 1 fully saturated rings. The Labute approximate surface area is 174 Å². The molecule has 0 unspecified atom stereocenters. The minimum absolute atomic E-state index is 0.224. The first-order valence-corrected chi connectivity index (χ1v) is 10.6. The van der Waals surface area contributed by atoms with Crippen molar-refractivity contribution < 1.29 is 14.3 Å². The van der Waals surface area contributed by atoms with E-state index >= 15 is 0 Å². The van der Waals surface area contributed by atoms with Crippen molar-refractivity contribution in [2.75, 3.05) is 45.8 Å². The lowest BCUT2D eigenvalue weighted by Crippen LogP contribution is -2.47. The maximum absolute atomic E-state index is 12.8. The molecule has 1 aromatic rings. The Bertz CT molecular complexity index is 637. The van der Waals surface area contributed by atoms with E-state index in [1.54, 1.807) is 20.8 Å². The van der Waals surface area contributed by atoms with Crippen molar-refractivity contribution in [3.05, 3.63) is 35.9 Å². The molecule has 7 nitrogen and oxygen atoms in total. The highest BCUT2D eigenvalue weighted by Crippen LogP contribution is 2.15. The topological polar surface area (TPSA) is 73.9 Å². The van der Waals surface area contributed by atoms with Crippen molar-refractivity contribution in [1.82, 2.24) is 20.4 Å². The van der Waals surface area contributed by atoms with E-state index in [2.05, 4.69) is 27.4 Å². The molecule has 1 heterocycles. The van der Waals surface area contributed by atoms with Gasteiger partial charge in [0.05, 0.1) is 0 Å². The van der Waals surface area contributed by atoms with Crippen molar-refractivity contribution in [1.29, 1.82) is 0 Å². The first-order chi connectivity index (χ1) is 13.8. The fourth-order valence-electron chi connectivity index (χ4n) is 3.32. The average molecular weight is 405 g/mol. The lowest BCUT2D eigenvalue weighted by atomic mass is 10.1. The molecule has 29 heavy (non-hydrogen) atoms. The fourth-order valence-corrected chi connectivity index (χ4v) is 3.32. The molecule has 1 atom stereocenters. The molecular weight excluding hydrogens is 368 g/mol. The van der Waals surface area contributed by atoms with Gasteiger partial charge in [0.1, 0.15) is 11.6 Å². The van der Waals surface area contributed by atoms with Gasteiger partial charge in [0.25, 0.3) is 0 Å². The second kappa shape index (κ2) is 11.2. The van der Waals surface area contributed by atoms with E-state index in [0.29, 0.717) is 6.54 Å². The zero-order valence-corrected chi connectivity index (χ0v) is 18.2. The highest BCUT2D eigenvalue weighted by atomic mass is 16.6. The minimum atomic E-state index is -0.779. The number of likely N-dealkylation sites (N-methyl/N-ethyl adjacent to an activating group) is 1. The van der Waals surface area contributed by atoms with Crippen LogP contribution in [-0.2, 0) is 9.53 Å². The second-order valence-electron chi connectivity index (χ2n) is 8.41. The highest BCUT2D eigenvalue weighted by molar-refractivity contribution is 5.86. The standard InChI is InChI=1S/C22H36N4O3/c1-5-25-14-16-26(17-15-25)13-9-12-23-20(27)19(18-10-7-6-8-11-18)24-21(28)29-22(2,3)4/h6-8,10-11,19H,5,9,12-17H2,1-4H3,(H,23,27)(H,24,28)/t19-/m0/s1. The maximum Gasteiger partial charge on any atom is 0.408 e. The van der Waals surface area contributed by atoms with Crippen LogP contribution in [-0.4, -0.2) is 73.2 Å². The fraction of sp³-hybridized carbons (Fsp3) is 0.636. The van der Waals surface area contributed by atoms with E-state index in [9.17, 15) is 9.59 Å². The van der Waals surface area contributed by atoms with Crippen molar-refractivity contribution in [2.24, 2.45) is 0 Å². The van der Waals surface area contributed by atoms with Gasteiger partial charge in [0, 0.05) is 32.7 Å². The quantitative estimate of drug-likeness (QED) is 0.651. The molecule has 7 heteroatoms. The van der Waals surface area contributed by atoms with Gasteiger partial charge in [0.15, 0.2) is 0 Å². The van der Waals surface area contributed by atoms with E-state index in [-0.39, 0.29) is 5.91 Å². The third kappa shape index (κ3) is 8.41. The third-order valence-corrected chi connectivity index (χ3v) is 4.92. The number of carbonyl (C=O) groups is 2. The molecule has 1 saturated heterocycles. The number of hydrogen-bond donors (Lipinski definition) is 2. The first kappa shape index (κ1) is 23.2. The van der Waals surface area contributed by atoms with Gasteiger partial charge in [-0.05, 0) is 45.8 Å². The highest BCUT2D eigenvalue weighted by Gasteiger charge is 2.25. The summed E-state index contributed by atoms with van der Waals surface area (Å²) in [6, 6.07) is 8.46. The molecule has 162 valence electrons. The number of nitrogens with one attached hydrogen (secondary N) is 2. The smallest absolute Gasteiger partial charge is 0.408 e. The van der Waals surface area contributed by atoms with Crippen LogP contribution in [0.1, 0.15) is 45.7 Å². The van der Waals surface area contributed by atoms with Crippen LogP contribution >= 0.6 is 0 Å². The third-order valence-electron chi connectivity index (χ3n) is 4.92. The summed E-state index contributed by atoms with van der Waals surface area (Å²) < 4.78 is 5.32. The van der Waals surface area contributed by atoms with Crippen LogP contribution in [0.25, 0.3) is 0 Å². The molecule has 0 bridgehead atoms. The number of hydrogen-bond acceptors (Lipinski definition) is 5. The first-order valence-electron chi connectivity index (χ1n) is 10.6. The van der Waals surface area contributed by atoms with E-state index < -0.39 is 17.7 Å². The molecule has 0 saturated carbocycles. The number of benzene rings is 1. The van der Waals surface area contributed by atoms with Crippen molar-refractivity contribution in [2.45, 2.75) is 45.8 Å². The summed E-state index contributed by atoms with van der Waals surface area (Å²) in [7, 11) is 0. The Balaban J connectivity index is 1.83. The van der Waals surface area contributed by atoms with Gasteiger partial charge < -0.3 is 25.2 Å². The number of ether oxygens (including phenoxy) is 1. The predicted octanol–water partition coefficient (Wildman–Crippen LogP) is 2.40. The summed E-state index contributed by atoms with van der Waals surface area (Å²) in [5, 5.41) is 5.66. The molecule has 2 N–H and O–H groups in total. The molecule has 1 aromatic carbocycles. The van der Waals surface area contributed by atoms with Crippen LogP contribution < -0.4 is 10.6 Å². The molecule has 0 spiro atoms. The van der Waals surface area contributed by atoms with Crippen molar-refractivity contribution in [3.8, 4) is 0 Å². The zero-order valence-electron chi connectivity index (χ0n) is 18.2. The Morgan fingerprint density at radius 1 is 1.07 bits per heavy atom. The predicted molar refractivity (Wildman–Crippen MR) is 115 cm³/mol. The monoisotopic (exact) mass is 404 g/mol. The molecular formula is C22H36N4O3. The Hall–Kier alpha value is -2.12. The molecule has 0 aromatic heterocycles.